The van der Waals surface area contributed by atoms with E-state index in [1.165, 1.54) is 16.2 Å². The lowest BCUT2D eigenvalue weighted by Gasteiger charge is -2.20. The highest BCUT2D eigenvalue weighted by molar-refractivity contribution is 7.20. The summed E-state index contributed by atoms with van der Waals surface area (Å²) in [6, 6.07) is 4.17. The fourth-order valence-corrected chi connectivity index (χ4v) is 5.62. The fraction of sp³-hybridized carbons (Fsp3) is 0.333. The van der Waals surface area contributed by atoms with Crippen molar-refractivity contribution >= 4 is 34.5 Å². The third-order valence-electron chi connectivity index (χ3n) is 5.70. The second-order valence-electron chi connectivity index (χ2n) is 8.08. The summed E-state index contributed by atoms with van der Waals surface area (Å²) in [5.41, 5.74) is 0.191. The maximum atomic E-state index is 13.3. The quantitative estimate of drug-likeness (QED) is 0.484. The van der Waals surface area contributed by atoms with Crippen molar-refractivity contribution in [3.05, 3.63) is 75.0 Å². The summed E-state index contributed by atoms with van der Waals surface area (Å²) in [6.07, 6.45) is 8.85. The van der Waals surface area contributed by atoms with E-state index in [4.69, 9.17) is 0 Å². The van der Waals surface area contributed by atoms with Crippen LogP contribution in [0.4, 0.5) is 0 Å². The fourth-order valence-electron chi connectivity index (χ4n) is 4.00. The van der Waals surface area contributed by atoms with E-state index in [1.807, 2.05) is 27.5 Å². The van der Waals surface area contributed by atoms with Gasteiger partial charge in [-0.25, -0.2) is 4.98 Å². The minimum absolute atomic E-state index is 0.00404. The lowest BCUT2D eigenvalue weighted by molar-refractivity contribution is 0.0781. The molecule has 1 N–H and O–H groups in total. The molecule has 7 nitrogen and oxygen atoms in total. The van der Waals surface area contributed by atoms with Crippen LogP contribution in [-0.2, 0) is 6.54 Å². The van der Waals surface area contributed by atoms with Crippen LogP contribution in [0.25, 0.3) is 9.88 Å². The Bertz CT molecular complexity index is 1210. The Hall–Kier alpha value is -3.04. The van der Waals surface area contributed by atoms with Crippen LogP contribution in [0, 0.1) is 0 Å². The molecule has 0 bridgehead atoms. The number of rotatable bonds is 8. The summed E-state index contributed by atoms with van der Waals surface area (Å²) in [6.45, 7) is 4.11. The molecule has 1 fully saturated rings. The molecule has 9 heteroatoms. The predicted molar refractivity (Wildman–Crippen MR) is 132 cm³/mol. The number of nitrogens with zero attached hydrogens (tertiary/aromatic N) is 3. The number of amides is 2. The zero-order valence-corrected chi connectivity index (χ0v) is 20.1. The molecule has 3 heterocycles. The first-order valence-electron chi connectivity index (χ1n) is 10.9. The molecule has 3 aromatic rings. The summed E-state index contributed by atoms with van der Waals surface area (Å²) < 4.78 is 1.87. The molecule has 0 spiro atoms. The van der Waals surface area contributed by atoms with Crippen LogP contribution in [0.15, 0.2) is 52.7 Å². The maximum Gasteiger partial charge on any atom is 0.259 e. The van der Waals surface area contributed by atoms with Crippen molar-refractivity contribution in [3.63, 3.8) is 0 Å². The van der Waals surface area contributed by atoms with Gasteiger partial charge in [-0.15, -0.1) is 29.3 Å². The van der Waals surface area contributed by atoms with Gasteiger partial charge < -0.3 is 14.8 Å². The third-order valence-corrected chi connectivity index (χ3v) is 7.63. The highest BCUT2D eigenvalue weighted by Crippen LogP contribution is 2.30. The zero-order valence-electron chi connectivity index (χ0n) is 18.5. The van der Waals surface area contributed by atoms with Gasteiger partial charge in [0.05, 0.1) is 17.1 Å². The second kappa shape index (κ2) is 10.3. The smallest absolute Gasteiger partial charge is 0.259 e. The van der Waals surface area contributed by atoms with Crippen molar-refractivity contribution in [1.29, 1.82) is 0 Å². The van der Waals surface area contributed by atoms with E-state index >= 15 is 0 Å². The molecule has 1 aliphatic rings. The first kappa shape index (κ1) is 23.1. The van der Waals surface area contributed by atoms with Gasteiger partial charge in [-0.3, -0.25) is 14.4 Å². The Morgan fingerprint density at radius 3 is 2.73 bits per heavy atom. The van der Waals surface area contributed by atoms with Crippen LogP contribution in [0.3, 0.4) is 0 Å². The van der Waals surface area contributed by atoms with Gasteiger partial charge in [0.2, 0.25) is 5.43 Å². The molecular formula is C24H26N4O3S2. The third kappa shape index (κ3) is 5.15. The number of thiazole rings is 1. The summed E-state index contributed by atoms with van der Waals surface area (Å²) in [4.78, 5) is 46.3. The summed E-state index contributed by atoms with van der Waals surface area (Å²) >= 11 is 3.14. The average Bonchev–Trinajstić information content (AvgIpc) is 3.59. The first-order valence-corrected chi connectivity index (χ1v) is 12.6. The SMILES string of the molecule is C=CCNC(=O)c1cn(C2CCCC2)cc(C(=O)N(C)Cc2csc(-c3cccs3)n2)c1=O. The van der Waals surface area contributed by atoms with Gasteiger partial charge in [-0.1, -0.05) is 25.0 Å². The molecular weight excluding hydrogens is 456 g/mol. The van der Waals surface area contributed by atoms with Crippen LogP contribution in [-0.4, -0.2) is 39.9 Å². The molecule has 1 aliphatic carbocycles. The standard InChI is InChI=1S/C24H26N4O3S2/c1-3-10-25-22(30)18-13-28(17-7-4-5-8-17)14-19(21(18)29)24(31)27(2)12-16-15-33-23(26-16)20-9-6-11-32-20/h3,6,9,11,13-15,17H,1,4-5,7-8,10,12H2,2H3,(H,25,30). The number of carbonyl (C=O) groups is 2. The van der Waals surface area contributed by atoms with Gasteiger partial charge >= 0.3 is 0 Å². The normalized spacial score (nSPS) is 13.7. The first-order chi connectivity index (χ1) is 16.0. The number of hydrogen-bond donors (Lipinski definition) is 1. The molecule has 4 rings (SSSR count). The summed E-state index contributed by atoms with van der Waals surface area (Å²) in [7, 11) is 1.65. The minimum atomic E-state index is -0.555. The predicted octanol–water partition coefficient (Wildman–Crippen LogP) is 4.34. The number of thiophene rings is 1. The molecule has 0 aliphatic heterocycles. The van der Waals surface area contributed by atoms with Crippen molar-refractivity contribution in [2.24, 2.45) is 0 Å². The van der Waals surface area contributed by atoms with E-state index in [1.54, 1.807) is 36.9 Å². The molecule has 1 saturated carbocycles. The van der Waals surface area contributed by atoms with Gasteiger partial charge in [0, 0.05) is 37.4 Å². The number of aromatic nitrogens is 2. The van der Waals surface area contributed by atoms with Gasteiger partial charge in [0.1, 0.15) is 16.1 Å². The van der Waals surface area contributed by atoms with Crippen LogP contribution in [0.2, 0.25) is 0 Å². The van der Waals surface area contributed by atoms with Gasteiger partial charge in [-0.05, 0) is 24.3 Å². The molecule has 0 radical (unpaired) electrons. The monoisotopic (exact) mass is 482 g/mol. The number of carbonyl (C=O) groups excluding carboxylic acids is 2. The summed E-state index contributed by atoms with van der Waals surface area (Å²) in [5, 5.41) is 7.49. The van der Waals surface area contributed by atoms with Crippen LogP contribution in [0.5, 0.6) is 0 Å². The van der Waals surface area contributed by atoms with Crippen molar-refractivity contribution in [1.82, 2.24) is 19.8 Å². The largest absolute Gasteiger partial charge is 0.349 e. The number of hydrogen-bond acceptors (Lipinski definition) is 6. The molecule has 172 valence electrons. The number of pyridine rings is 1. The van der Waals surface area contributed by atoms with Crippen molar-refractivity contribution in [2.45, 2.75) is 38.3 Å². The van der Waals surface area contributed by atoms with Gasteiger partial charge in [0.25, 0.3) is 11.8 Å². The van der Waals surface area contributed by atoms with E-state index in [0.717, 1.165) is 41.3 Å². The van der Waals surface area contributed by atoms with Crippen molar-refractivity contribution < 1.29 is 9.59 Å². The van der Waals surface area contributed by atoms with Crippen LogP contribution in [0.1, 0.15) is 58.1 Å². The lowest BCUT2D eigenvalue weighted by Crippen LogP contribution is -2.36. The molecule has 2 amide bonds. The lowest BCUT2D eigenvalue weighted by atomic mass is 10.1. The Balaban J connectivity index is 1.61. The summed E-state index contributed by atoms with van der Waals surface area (Å²) in [5.74, 6) is -0.917. The Morgan fingerprint density at radius 2 is 2.03 bits per heavy atom. The van der Waals surface area contributed by atoms with E-state index in [2.05, 4.69) is 16.9 Å². The van der Waals surface area contributed by atoms with Gasteiger partial charge in [0.15, 0.2) is 0 Å². The van der Waals surface area contributed by atoms with Crippen LogP contribution < -0.4 is 10.7 Å². The van der Waals surface area contributed by atoms with E-state index in [-0.39, 0.29) is 30.3 Å². The highest BCUT2D eigenvalue weighted by Gasteiger charge is 2.25. The van der Waals surface area contributed by atoms with Crippen LogP contribution >= 0.6 is 22.7 Å². The minimum Gasteiger partial charge on any atom is -0.349 e. The molecule has 0 aromatic carbocycles. The molecule has 3 aromatic heterocycles. The Kier molecular flexibility index (Phi) is 7.20. The van der Waals surface area contributed by atoms with E-state index < -0.39 is 17.2 Å². The molecule has 33 heavy (non-hydrogen) atoms. The van der Waals surface area contributed by atoms with Crippen molar-refractivity contribution in [3.8, 4) is 9.88 Å². The topological polar surface area (TPSA) is 84.3 Å². The Morgan fingerprint density at radius 1 is 1.27 bits per heavy atom. The molecule has 0 unspecified atom stereocenters. The van der Waals surface area contributed by atoms with Crippen molar-refractivity contribution in [2.75, 3.05) is 13.6 Å². The molecule has 0 atom stereocenters. The highest BCUT2D eigenvalue weighted by atomic mass is 32.1. The van der Waals surface area contributed by atoms with E-state index in [9.17, 15) is 14.4 Å². The maximum absolute atomic E-state index is 13.3. The zero-order chi connectivity index (χ0) is 23.4. The average molecular weight is 483 g/mol. The Labute approximate surface area is 200 Å². The van der Waals surface area contributed by atoms with E-state index in [0.29, 0.717) is 0 Å². The second-order valence-corrected chi connectivity index (χ2v) is 9.89. The molecule has 0 saturated heterocycles. The van der Waals surface area contributed by atoms with Gasteiger partial charge in [-0.2, -0.15) is 0 Å². The number of nitrogens with one attached hydrogen (secondary N) is 1.